The van der Waals surface area contributed by atoms with E-state index in [2.05, 4.69) is 22.4 Å². The molecular weight excluding hydrogens is 309 g/mol. The van der Waals surface area contributed by atoms with Gasteiger partial charge in [0.1, 0.15) is 0 Å². The van der Waals surface area contributed by atoms with Gasteiger partial charge in [-0.15, -0.1) is 0 Å². The molecule has 0 rings (SSSR count). The van der Waals surface area contributed by atoms with Crippen molar-refractivity contribution in [3.63, 3.8) is 0 Å². The number of unbranched alkanes of at least 4 members (excludes halogenated alkanes) is 3. The third-order valence-corrected chi connectivity index (χ3v) is 5.55. The lowest BCUT2D eigenvalue weighted by Crippen LogP contribution is -2.21. The number of ether oxygens (including phenoxy) is 2. The van der Waals surface area contributed by atoms with Crippen molar-refractivity contribution in [3.05, 3.63) is 0 Å². The van der Waals surface area contributed by atoms with Crippen molar-refractivity contribution in [2.24, 2.45) is 4.99 Å². The summed E-state index contributed by atoms with van der Waals surface area (Å²) in [5.41, 5.74) is 0. The zero-order valence-corrected chi connectivity index (χ0v) is 15.1. The van der Waals surface area contributed by atoms with Crippen molar-refractivity contribution >= 4 is 24.7 Å². The molecule has 1 atom stereocenters. The van der Waals surface area contributed by atoms with E-state index in [-0.39, 0.29) is 0 Å². The number of hydrogen-bond donors (Lipinski definition) is 0. The van der Waals surface area contributed by atoms with Crippen LogP contribution in [0, 0.1) is 0 Å². The second-order valence-corrected chi connectivity index (χ2v) is 7.23. The molecule has 0 aliphatic carbocycles. The van der Waals surface area contributed by atoms with Gasteiger partial charge < -0.3 is 14.0 Å². The molecule has 0 aliphatic rings. The minimum Gasteiger partial charge on any atom is -0.345 e. The highest BCUT2D eigenvalue weighted by Crippen LogP contribution is 2.53. The van der Waals surface area contributed by atoms with E-state index in [1.165, 1.54) is 0 Å². The summed E-state index contributed by atoms with van der Waals surface area (Å²) in [6.45, 7) is 7.59. The maximum Gasteiger partial charge on any atom is 0.257 e. The van der Waals surface area contributed by atoms with Gasteiger partial charge in [-0.05, 0) is 45.8 Å². The first kappa shape index (κ1) is 20.9. The predicted molar refractivity (Wildman–Crippen MR) is 89.5 cm³/mol. The maximum absolute atomic E-state index is 12.9. The molecule has 124 valence electrons. The molecule has 7 heteroatoms. The average Bonchev–Trinajstić information content (AvgIpc) is 2.46. The lowest BCUT2D eigenvalue weighted by molar-refractivity contribution is -0.0888. The van der Waals surface area contributed by atoms with Crippen molar-refractivity contribution in [2.75, 3.05) is 32.5 Å². The lowest BCUT2D eigenvalue weighted by Gasteiger charge is -2.26. The number of aliphatic imine (C=N–C) groups is 1. The summed E-state index contributed by atoms with van der Waals surface area (Å²) in [5.74, 6) is 0. The molecule has 0 bridgehead atoms. The van der Waals surface area contributed by atoms with Gasteiger partial charge in [-0.3, -0.25) is 4.57 Å². The molecule has 0 fully saturated rings. The summed E-state index contributed by atoms with van der Waals surface area (Å²) in [5, 5.41) is 2.35. The van der Waals surface area contributed by atoms with Gasteiger partial charge in [0.2, 0.25) is 6.03 Å². The Morgan fingerprint density at radius 3 is 2.19 bits per heavy atom. The van der Waals surface area contributed by atoms with Crippen LogP contribution in [0.2, 0.25) is 0 Å². The summed E-state index contributed by atoms with van der Waals surface area (Å²) in [7, 11) is -2.92. The lowest BCUT2D eigenvalue weighted by atomic mass is 10.2. The van der Waals surface area contributed by atoms with Crippen molar-refractivity contribution in [1.82, 2.24) is 0 Å². The van der Waals surface area contributed by atoms with E-state index >= 15 is 0 Å². The highest BCUT2D eigenvalue weighted by Gasteiger charge is 2.35. The standard InChI is InChI=1S/C14H28NO4PS/c1-4-17-14(18-5-2)20(16,19-6-3)12-10-8-7-9-11-15-13-21/h14H,4-12H2,1-3H3. The van der Waals surface area contributed by atoms with Gasteiger partial charge in [0.15, 0.2) is 0 Å². The Bertz CT molecular complexity index is 342. The van der Waals surface area contributed by atoms with E-state index in [9.17, 15) is 4.57 Å². The monoisotopic (exact) mass is 337 g/mol. The predicted octanol–water partition coefficient (Wildman–Crippen LogP) is 4.32. The van der Waals surface area contributed by atoms with Crippen LogP contribution in [0.1, 0.15) is 46.5 Å². The Morgan fingerprint density at radius 1 is 1.05 bits per heavy atom. The molecule has 1 unspecified atom stereocenters. The minimum atomic E-state index is -2.92. The van der Waals surface area contributed by atoms with E-state index in [1.807, 2.05) is 20.8 Å². The van der Waals surface area contributed by atoms with Crippen molar-refractivity contribution in [2.45, 2.75) is 52.5 Å². The molecule has 0 aromatic heterocycles. The normalized spacial score (nSPS) is 13.9. The molecule has 5 nitrogen and oxygen atoms in total. The molecule has 0 N–H and O–H groups in total. The van der Waals surface area contributed by atoms with E-state index in [0.29, 0.717) is 32.5 Å². The van der Waals surface area contributed by atoms with Crippen molar-refractivity contribution < 1.29 is 18.6 Å². The van der Waals surface area contributed by atoms with Gasteiger partial charge >= 0.3 is 0 Å². The molecule has 0 spiro atoms. The molecule has 0 aromatic carbocycles. The Labute approximate surface area is 133 Å². The van der Waals surface area contributed by atoms with E-state index in [0.717, 1.165) is 25.7 Å². The molecular formula is C14H28NO4PS. The zero-order valence-electron chi connectivity index (χ0n) is 13.4. The van der Waals surface area contributed by atoms with Gasteiger partial charge in [-0.25, -0.2) is 4.99 Å². The van der Waals surface area contributed by atoms with Crippen molar-refractivity contribution in [1.29, 1.82) is 0 Å². The van der Waals surface area contributed by atoms with Crippen LogP contribution in [0.4, 0.5) is 0 Å². The largest absolute Gasteiger partial charge is 0.345 e. The summed E-state index contributed by atoms with van der Waals surface area (Å²) < 4.78 is 29.3. The fraction of sp³-hybridized carbons (Fsp3) is 0.929. The molecule has 0 aromatic rings. The SMILES string of the molecule is CCOC(OCC)P(=O)(CCCCCCN=C=S)OCC. The smallest absolute Gasteiger partial charge is 0.257 e. The third kappa shape index (κ3) is 9.51. The Morgan fingerprint density at radius 2 is 1.67 bits per heavy atom. The molecule has 0 amide bonds. The first-order chi connectivity index (χ1) is 10.1. The second kappa shape index (κ2) is 13.6. The average molecular weight is 337 g/mol. The van der Waals surface area contributed by atoms with Crippen LogP contribution in [0.5, 0.6) is 0 Å². The van der Waals surface area contributed by atoms with Gasteiger partial charge in [-0.1, -0.05) is 12.8 Å². The van der Waals surface area contributed by atoms with Crippen LogP contribution in [-0.2, 0) is 18.6 Å². The second-order valence-electron chi connectivity index (χ2n) is 4.47. The van der Waals surface area contributed by atoms with Gasteiger partial charge in [-0.2, -0.15) is 0 Å². The van der Waals surface area contributed by atoms with Crippen LogP contribution in [0.25, 0.3) is 0 Å². The van der Waals surface area contributed by atoms with E-state index in [4.69, 9.17) is 14.0 Å². The molecule has 21 heavy (non-hydrogen) atoms. The van der Waals surface area contributed by atoms with Gasteiger partial charge in [0.05, 0.1) is 11.8 Å². The quantitative estimate of drug-likeness (QED) is 0.155. The number of nitrogens with zero attached hydrogens (tertiary/aromatic N) is 1. The van der Waals surface area contributed by atoms with Gasteiger partial charge in [0.25, 0.3) is 7.37 Å². The topological polar surface area (TPSA) is 57.1 Å². The number of thiocarbonyl (C=S) groups is 1. The van der Waals surface area contributed by atoms with Gasteiger partial charge in [0, 0.05) is 25.9 Å². The fourth-order valence-corrected chi connectivity index (χ4v) is 4.34. The van der Waals surface area contributed by atoms with Crippen molar-refractivity contribution in [3.8, 4) is 0 Å². The Hall–Kier alpha value is -0.0900. The Balaban J connectivity index is 4.29. The molecule has 0 heterocycles. The minimum absolute atomic E-state index is 0.400. The van der Waals surface area contributed by atoms with Crippen LogP contribution >= 0.6 is 19.6 Å². The molecule has 0 saturated carbocycles. The Kier molecular flexibility index (Phi) is 13.5. The van der Waals surface area contributed by atoms with Crippen LogP contribution in [0.15, 0.2) is 4.99 Å². The van der Waals surface area contributed by atoms with Crippen LogP contribution in [0.3, 0.4) is 0 Å². The van der Waals surface area contributed by atoms with E-state index in [1.54, 1.807) is 0 Å². The van der Waals surface area contributed by atoms with Crippen LogP contribution in [-0.4, -0.2) is 43.7 Å². The zero-order chi connectivity index (χ0) is 16.0. The van der Waals surface area contributed by atoms with E-state index < -0.39 is 13.4 Å². The summed E-state index contributed by atoms with van der Waals surface area (Å²) in [6, 6.07) is -0.744. The summed E-state index contributed by atoms with van der Waals surface area (Å²) >= 11 is 4.51. The third-order valence-electron chi connectivity index (χ3n) is 2.84. The number of rotatable bonds is 14. The summed E-state index contributed by atoms with van der Waals surface area (Å²) in [6.07, 6.45) is 4.30. The highest BCUT2D eigenvalue weighted by atomic mass is 32.1. The highest BCUT2D eigenvalue weighted by molar-refractivity contribution is 7.78. The number of isothiocyanates is 1. The summed E-state index contributed by atoms with van der Waals surface area (Å²) in [4.78, 5) is 3.87. The maximum atomic E-state index is 12.9. The molecule has 0 radical (unpaired) electrons. The first-order valence-corrected chi connectivity index (χ1v) is 9.93. The first-order valence-electron chi connectivity index (χ1n) is 7.64. The fourth-order valence-electron chi connectivity index (χ4n) is 1.93. The number of hydrogen-bond acceptors (Lipinski definition) is 6. The molecule has 0 saturated heterocycles. The van der Waals surface area contributed by atoms with Crippen LogP contribution < -0.4 is 0 Å². The molecule has 0 aliphatic heterocycles.